The van der Waals surface area contributed by atoms with Crippen LogP contribution in [0, 0.1) is 0 Å². The molecule has 0 radical (unpaired) electrons. The van der Waals surface area contributed by atoms with Crippen LogP contribution in [0.4, 0.5) is 10.2 Å². The molecular weight excluding hydrogens is 633 g/mol. The van der Waals surface area contributed by atoms with Gasteiger partial charge in [0, 0.05) is 12.2 Å². The predicted octanol–water partition coefficient (Wildman–Crippen LogP) is 5.72. The van der Waals surface area contributed by atoms with Crippen LogP contribution in [0.15, 0.2) is 134 Å². The molecule has 12 heteroatoms. The molecule has 0 aliphatic carbocycles. The monoisotopic (exact) mass is 663 g/mol. The summed E-state index contributed by atoms with van der Waals surface area (Å²) in [4.78, 5) is 12.4. The Hall–Kier alpha value is -5.27. The molecule has 0 amide bonds. The van der Waals surface area contributed by atoms with Crippen LogP contribution in [0.3, 0.4) is 0 Å². The summed E-state index contributed by atoms with van der Waals surface area (Å²) in [6.07, 6.45) is -2.59. The molecule has 2 aromatic heterocycles. The number of nitrogens with zero attached hydrogens (tertiary/aromatic N) is 4. The van der Waals surface area contributed by atoms with Crippen molar-refractivity contribution in [3.63, 3.8) is 0 Å². The number of nitrogens with two attached hydrogens (primary N) is 1. The first-order chi connectivity index (χ1) is 23.4. The smallest absolute Gasteiger partial charge is 0.360 e. The van der Waals surface area contributed by atoms with Crippen LogP contribution in [0.2, 0.25) is 0 Å². The number of alkyl halides is 1. The van der Waals surface area contributed by atoms with Crippen molar-refractivity contribution in [3.05, 3.63) is 151 Å². The minimum Gasteiger partial charge on any atom is -0.418 e. The molecule has 242 valence electrons. The normalized spacial score (nSPS) is 20.8. The van der Waals surface area contributed by atoms with Gasteiger partial charge in [-0.05, 0) is 28.8 Å². The van der Waals surface area contributed by atoms with E-state index in [9.17, 15) is 5.11 Å². The van der Waals surface area contributed by atoms with Crippen LogP contribution < -0.4 is 10.5 Å². The first-order valence-electron chi connectivity index (χ1n) is 15.1. The van der Waals surface area contributed by atoms with E-state index in [2.05, 4.69) is 15.0 Å². The van der Waals surface area contributed by atoms with Gasteiger partial charge in [0.25, 0.3) is 5.79 Å². The van der Waals surface area contributed by atoms with Crippen LogP contribution in [0.25, 0.3) is 11.2 Å². The highest BCUT2D eigenvalue weighted by atomic mass is 32.1. The van der Waals surface area contributed by atoms with E-state index in [1.54, 1.807) is 30.3 Å². The summed E-state index contributed by atoms with van der Waals surface area (Å²) in [5.41, 5.74) is 7.64. The van der Waals surface area contributed by atoms with Gasteiger partial charge in [-0.1, -0.05) is 109 Å². The lowest BCUT2D eigenvalue weighted by Gasteiger charge is -2.38. The molecule has 4 aromatic carbocycles. The lowest BCUT2D eigenvalue weighted by molar-refractivity contribution is -0.224. The number of ether oxygens (including phenoxy) is 4. The maximum absolute atomic E-state index is 16.8. The molecule has 3 heterocycles. The van der Waals surface area contributed by atoms with Gasteiger partial charge in [0.15, 0.2) is 23.8 Å². The van der Waals surface area contributed by atoms with Gasteiger partial charge < -0.3 is 29.8 Å². The number of hydrogen-bond donors (Lipinski definition) is 2. The van der Waals surface area contributed by atoms with Crippen molar-refractivity contribution < 1.29 is 28.4 Å². The number of thiocarbonyl (C=S) groups is 1. The first kappa shape index (κ1) is 31.3. The third-order valence-corrected chi connectivity index (χ3v) is 8.42. The number of nitrogen functional groups attached to an aromatic ring is 1. The fraction of sp³-hybridized carbons (Fsp3) is 0.167. The molecule has 6 aromatic rings. The molecule has 0 bridgehead atoms. The van der Waals surface area contributed by atoms with E-state index in [-0.39, 0.29) is 23.6 Å². The minimum atomic E-state index is -2.68. The number of aromatic nitrogens is 4. The van der Waals surface area contributed by atoms with Crippen LogP contribution >= 0.6 is 12.2 Å². The molecule has 0 unspecified atom stereocenters. The van der Waals surface area contributed by atoms with Crippen LogP contribution in [0.5, 0.6) is 5.75 Å². The van der Waals surface area contributed by atoms with Crippen molar-refractivity contribution >= 4 is 34.4 Å². The molecule has 1 saturated heterocycles. The van der Waals surface area contributed by atoms with E-state index in [0.29, 0.717) is 5.75 Å². The standard InChI is InChI=1S/C36H30FN5O5S/c37-30-33(42-23-41-29-31(38)39-22-40-32(29)42)46-28(36(30,43)47-34(48)45-27-19-11-4-12-20-27)21-44-35(24-13-5-1-6-14-24,25-15-7-2-8-16-25)26-17-9-3-10-18-26/h1-20,22-23,28,30,33,43H,21H2,(H2,38,39,40)/t28-,30+,33-,36+/m1/s1. The van der Waals surface area contributed by atoms with Gasteiger partial charge >= 0.3 is 5.24 Å². The minimum absolute atomic E-state index is 0.106. The highest BCUT2D eigenvalue weighted by Gasteiger charge is 2.61. The highest BCUT2D eigenvalue weighted by Crippen LogP contribution is 2.45. The molecule has 1 fully saturated rings. The summed E-state index contributed by atoms with van der Waals surface area (Å²) in [6.45, 7) is -0.357. The summed E-state index contributed by atoms with van der Waals surface area (Å²) in [5.74, 6) is -2.23. The average molecular weight is 664 g/mol. The number of imidazole rings is 1. The Bertz CT molecular complexity index is 1910. The van der Waals surface area contributed by atoms with Gasteiger partial charge in [0.05, 0.1) is 12.9 Å². The van der Waals surface area contributed by atoms with E-state index < -0.39 is 35.1 Å². The topological polar surface area (TPSA) is 127 Å². The molecule has 10 nitrogen and oxygen atoms in total. The Morgan fingerprint density at radius 2 is 1.40 bits per heavy atom. The van der Waals surface area contributed by atoms with Gasteiger partial charge in [-0.15, -0.1) is 0 Å². The summed E-state index contributed by atoms with van der Waals surface area (Å²) >= 11 is 5.35. The zero-order chi connectivity index (χ0) is 33.1. The molecule has 0 spiro atoms. The summed E-state index contributed by atoms with van der Waals surface area (Å²) in [5, 5.41) is 11.6. The fourth-order valence-electron chi connectivity index (χ4n) is 5.97. The molecule has 7 rings (SSSR count). The van der Waals surface area contributed by atoms with Crippen molar-refractivity contribution in [2.75, 3.05) is 12.3 Å². The number of halogens is 1. The fourth-order valence-corrected chi connectivity index (χ4v) is 6.20. The van der Waals surface area contributed by atoms with Crippen molar-refractivity contribution in [1.82, 2.24) is 19.5 Å². The van der Waals surface area contributed by atoms with Gasteiger partial charge in [-0.2, -0.15) is 0 Å². The lowest BCUT2D eigenvalue weighted by atomic mass is 9.80. The van der Waals surface area contributed by atoms with Gasteiger partial charge in [0.2, 0.25) is 6.17 Å². The zero-order valence-corrected chi connectivity index (χ0v) is 26.2. The van der Waals surface area contributed by atoms with Crippen molar-refractivity contribution in [3.8, 4) is 5.75 Å². The van der Waals surface area contributed by atoms with Crippen molar-refractivity contribution in [2.24, 2.45) is 0 Å². The number of fused-ring (bicyclic) bond motifs is 1. The zero-order valence-electron chi connectivity index (χ0n) is 25.4. The second-order valence-electron chi connectivity index (χ2n) is 11.1. The number of hydrogen-bond acceptors (Lipinski definition) is 10. The second kappa shape index (κ2) is 13.1. The predicted molar refractivity (Wildman–Crippen MR) is 179 cm³/mol. The Morgan fingerprint density at radius 1 is 0.854 bits per heavy atom. The van der Waals surface area contributed by atoms with Gasteiger partial charge in [-0.25, -0.2) is 19.3 Å². The maximum atomic E-state index is 16.8. The second-order valence-corrected chi connectivity index (χ2v) is 11.4. The van der Waals surface area contributed by atoms with Crippen LogP contribution in [-0.4, -0.2) is 54.5 Å². The highest BCUT2D eigenvalue weighted by molar-refractivity contribution is 7.79. The number of para-hydroxylation sites is 1. The van der Waals surface area contributed by atoms with Crippen molar-refractivity contribution in [1.29, 1.82) is 0 Å². The lowest BCUT2D eigenvalue weighted by Crippen LogP contribution is -2.52. The molecule has 1 aliphatic heterocycles. The summed E-state index contributed by atoms with van der Waals surface area (Å²) in [7, 11) is 0. The maximum Gasteiger partial charge on any atom is 0.360 e. The third-order valence-electron chi connectivity index (χ3n) is 8.26. The van der Waals surface area contributed by atoms with Gasteiger partial charge in [-0.3, -0.25) is 4.57 Å². The average Bonchev–Trinajstić information content (AvgIpc) is 3.66. The molecule has 3 N–H and O–H groups in total. The molecular formula is C36H30FN5O5S. The number of anilines is 1. The number of benzene rings is 4. The van der Waals surface area contributed by atoms with Gasteiger partial charge in [0.1, 0.15) is 23.2 Å². The summed E-state index contributed by atoms with van der Waals surface area (Å²) < 4.78 is 42.7. The van der Waals surface area contributed by atoms with E-state index in [1.807, 2.05) is 91.0 Å². The molecule has 0 saturated carbocycles. The number of aliphatic hydroxyl groups is 1. The Morgan fingerprint density at radius 3 is 1.96 bits per heavy atom. The van der Waals surface area contributed by atoms with Crippen LogP contribution in [-0.2, 0) is 19.8 Å². The third kappa shape index (κ3) is 5.64. The quantitative estimate of drug-likeness (QED) is 0.113. The molecule has 48 heavy (non-hydrogen) atoms. The van der Waals surface area contributed by atoms with E-state index in [4.69, 9.17) is 36.9 Å². The Balaban J connectivity index is 1.29. The molecule has 1 aliphatic rings. The Kier molecular flexibility index (Phi) is 8.54. The van der Waals surface area contributed by atoms with Crippen molar-refractivity contribution in [2.45, 2.75) is 29.9 Å². The SMILES string of the molecule is Nc1ncnc2c1ncn2[C@@H]1O[C@H](COC(c2ccccc2)(c2ccccc2)c2ccccc2)[C@](O)(OC(=S)Oc2ccccc2)[C@H]1F. The largest absolute Gasteiger partial charge is 0.418 e. The van der Waals surface area contributed by atoms with E-state index >= 15 is 4.39 Å². The van der Waals surface area contributed by atoms with E-state index in [1.165, 1.54) is 17.2 Å². The number of rotatable bonds is 9. The van der Waals surface area contributed by atoms with E-state index in [0.717, 1.165) is 16.7 Å². The Labute approximate surface area is 280 Å². The first-order valence-corrected chi connectivity index (χ1v) is 15.5. The van der Waals surface area contributed by atoms with Crippen LogP contribution in [0.1, 0.15) is 22.9 Å². The summed E-state index contributed by atoms with van der Waals surface area (Å²) in [6, 6.07) is 37.5. The molecule has 4 atom stereocenters.